The number of nitrogens with one attached hydrogen (secondary N) is 1. The number of pyridine rings is 1. The maximum atomic E-state index is 14.0. The second kappa shape index (κ2) is 14.7. The summed E-state index contributed by atoms with van der Waals surface area (Å²) in [6.07, 6.45) is 9.50. The van der Waals surface area contributed by atoms with Gasteiger partial charge in [0.25, 0.3) is 0 Å². The fourth-order valence-electron chi connectivity index (χ4n) is 6.10. The quantitative estimate of drug-likeness (QED) is 0.147. The van der Waals surface area contributed by atoms with Crippen LogP contribution in [0.15, 0.2) is 126 Å². The van der Waals surface area contributed by atoms with E-state index < -0.39 is 10.0 Å². The van der Waals surface area contributed by atoms with Gasteiger partial charge in [-0.2, -0.15) is 4.31 Å². The van der Waals surface area contributed by atoms with Gasteiger partial charge in [0.05, 0.1) is 4.90 Å². The molecule has 1 fully saturated rings. The highest BCUT2D eigenvalue weighted by Gasteiger charge is 2.26. The second-order valence-electron chi connectivity index (χ2n) is 12.0. The zero-order valence-electron chi connectivity index (χ0n) is 26.1. The number of amides is 1. The summed E-state index contributed by atoms with van der Waals surface area (Å²) in [7, 11) is -3.90. The summed E-state index contributed by atoms with van der Waals surface area (Å²) < 4.78 is 29.5. The lowest BCUT2D eigenvalue weighted by Crippen LogP contribution is -2.30. The van der Waals surface area contributed by atoms with Gasteiger partial charge in [-0.25, -0.2) is 8.42 Å². The maximum Gasteiger partial charge on any atom is 0.243 e. The van der Waals surface area contributed by atoms with Gasteiger partial charge in [0.1, 0.15) is 0 Å². The van der Waals surface area contributed by atoms with Crippen molar-refractivity contribution in [3.05, 3.63) is 138 Å². The summed E-state index contributed by atoms with van der Waals surface area (Å²) in [4.78, 5) is 28.5. The second-order valence-corrected chi connectivity index (χ2v) is 13.9. The average Bonchev–Trinajstić information content (AvgIpc) is 3.13. The van der Waals surface area contributed by atoms with E-state index in [1.54, 1.807) is 54.9 Å². The minimum Gasteiger partial charge on any atom is -0.326 e. The van der Waals surface area contributed by atoms with Crippen molar-refractivity contribution < 1.29 is 18.0 Å². The largest absolute Gasteiger partial charge is 0.326 e. The molecule has 0 atom stereocenters. The van der Waals surface area contributed by atoms with E-state index in [0.29, 0.717) is 5.56 Å². The van der Waals surface area contributed by atoms with Crippen molar-refractivity contribution in [2.45, 2.75) is 50.1 Å². The lowest BCUT2D eigenvalue weighted by Gasteiger charge is -2.23. The SMILES string of the molecule is O=Cc1ccccc1-c1ccc(S(=O)(=O)N(Cc2ccc(-c3ccc(NC(=O)C4CCCCC4)cc3)cc2)Cc2cccnc2)cc1. The molecule has 1 heterocycles. The summed E-state index contributed by atoms with van der Waals surface area (Å²) in [6, 6.07) is 33.2. The number of carbonyl (C=O) groups excluding carboxylic acids is 2. The molecule has 6 rings (SSSR count). The Morgan fingerprint density at radius 2 is 1.38 bits per heavy atom. The molecular formula is C39H37N3O4S. The third kappa shape index (κ3) is 7.73. The smallest absolute Gasteiger partial charge is 0.243 e. The molecule has 0 spiro atoms. The number of aldehydes is 1. The molecule has 47 heavy (non-hydrogen) atoms. The molecule has 0 bridgehead atoms. The van der Waals surface area contributed by atoms with Crippen LogP contribution in [0, 0.1) is 5.92 Å². The van der Waals surface area contributed by atoms with Crippen molar-refractivity contribution in [2.75, 3.05) is 5.32 Å². The van der Waals surface area contributed by atoms with Crippen LogP contribution in [0.4, 0.5) is 5.69 Å². The molecule has 1 aliphatic rings. The van der Waals surface area contributed by atoms with Crippen LogP contribution in [0.5, 0.6) is 0 Å². The van der Waals surface area contributed by atoms with Crippen LogP contribution in [0.25, 0.3) is 22.3 Å². The topological polar surface area (TPSA) is 96.4 Å². The number of hydrogen-bond donors (Lipinski definition) is 1. The van der Waals surface area contributed by atoms with E-state index in [2.05, 4.69) is 10.3 Å². The van der Waals surface area contributed by atoms with Gasteiger partial charge in [-0.05, 0) is 76.6 Å². The summed E-state index contributed by atoms with van der Waals surface area (Å²) in [5.41, 5.74) is 6.46. The van der Waals surface area contributed by atoms with Crippen molar-refractivity contribution in [3.8, 4) is 22.3 Å². The fourth-order valence-corrected chi connectivity index (χ4v) is 7.52. The molecule has 0 saturated heterocycles. The molecule has 1 saturated carbocycles. The van der Waals surface area contributed by atoms with E-state index >= 15 is 0 Å². The third-order valence-corrected chi connectivity index (χ3v) is 10.6. The summed E-state index contributed by atoms with van der Waals surface area (Å²) in [6.45, 7) is 0.320. The molecule has 8 heteroatoms. The van der Waals surface area contributed by atoms with Crippen LogP contribution < -0.4 is 5.32 Å². The first-order valence-electron chi connectivity index (χ1n) is 15.9. The zero-order chi connectivity index (χ0) is 32.6. The van der Waals surface area contributed by atoms with Crippen molar-refractivity contribution in [1.29, 1.82) is 0 Å². The third-order valence-electron chi connectivity index (χ3n) is 8.75. The number of sulfonamides is 1. The van der Waals surface area contributed by atoms with E-state index in [0.717, 1.165) is 71.0 Å². The molecule has 0 aliphatic heterocycles. The van der Waals surface area contributed by atoms with Crippen molar-refractivity contribution >= 4 is 27.9 Å². The predicted octanol–water partition coefficient (Wildman–Crippen LogP) is 8.14. The van der Waals surface area contributed by atoms with E-state index in [4.69, 9.17) is 0 Å². The van der Waals surface area contributed by atoms with Gasteiger partial charge in [0.15, 0.2) is 6.29 Å². The monoisotopic (exact) mass is 643 g/mol. The number of carbonyl (C=O) groups is 2. The van der Waals surface area contributed by atoms with E-state index in [-0.39, 0.29) is 29.8 Å². The van der Waals surface area contributed by atoms with Crippen molar-refractivity contribution in [3.63, 3.8) is 0 Å². The Morgan fingerprint density at radius 1 is 0.745 bits per heavy atom. The molecule has 0 unspecified atom stereocenters. The van der Waals surface area contributed by atoms with Gasteiger partial charge < -0.3 is 5.32 Å². The van der Waals surface area contributed by atoms with Gasteiger partial charge in [-0.1, -0.05) is 98.1 Å². The van der Waals surface area contributed by atoms with Gasteiger partial charge in [-0.3, -0.25) is 14.6 Å². The highest BCUT2D eigenvalue weighted by atomic mass is 32.2. The summed E-state index contributed by atoms with van der Waals surface area (Å²) in [5.74, 6) is 0.203. The molecule has 4 aromatic carbocycles. The van der Waals surface area contributed by atoms with Crippen molar-refractivity contribution in [2.24, 2.45) is 5.92 Å². The standard InChI is InChI=1S/C39H37N3O4S/c43-28-35-10-4-5-11-38(35)33-18-22-37(23-19-33)47(45,46)42(27-30-7-6-24-40-25-30)26-29-12-14-31(15-13-29)32-16-20-36(21-17-32)41-39(44)34-8-2-1-3-9-34/h4-7,10-25,28,34H,1-3,8-9,26-27H2,(H,41,44). The van der Waals surface area contributed by atoms with Gasteiger partial charge in [0.2, 0.25) is 15.9 Å². The summed E-state index contributed by atoms with van der Waals surface area (Å²) in [5, 5.41) is 3.07. The highest BCUT2D eigenvalue weighted by molar-refractivity contribution is 7.89. The molecule has 7 nitrogen and oxygen atoms in total. The van der Waals surface area contributed by atoms with Crippen LogP contribution in [0.3, 0.4) is 0 Å². The number of aromatic nitrogens is 1. The first-order valence-corrected chi connectivity index (χ1v) is 17.4. The Hall–Kier alpha value is -4.92. The molecule has 1 aromatic heterocycles. The molecule has 0 radical (unpaired) electrons. The zero-order valence-corrected chi connectivity index (χ0v) is 26.9. The Kier molecular flexibility index (Phi) is 10.00. The number of nitrogens with zero attached hydrogens (tertiary/aromatic N) is 2. The Labute approximate surface area is 276 Å². The average molecular weight is 644 g/mol. The number of benzene rings is 4. The molecule has 238 valence electrons. The highest BCUT2D eigenvalue weighted by Crippen LogP contribution is 2.29. The number of hydrogen-bond acceptors (Lipinski definition) is 5. The first kappa shape index (κ1) is 32.0. The number of anilines is 1. The lowest BCUT2D eigenvalue weighted by atomic mass is 9.88. The number of rotatable bonds is 11. The predicted molar refractivity (Wildman–Crippen MR) is 185 cm³/mol. The van der Waals surface area contributed by atoms with Crippen LogP contribution in [0.2, 0.25) is 0 Å². The normalized spacial score (nSPS) is 13.7. The maximum absolute atomic E-state index is 14.0. The minimum atomic E-state index is -3.90. The minimum absolute atomic E-state index is 0.0998. The van der Waals surface area contributed by atoms with Gasteiger partial charge in [0, 0.05) is 42.7 Å². The van der Waals surface area contributed by atoms with Crippen LogP contribution in [0.1, 0.15) is 53.6 Å². The molecule has 1 amide bonds. The summed E-state index contributed by atoms with van der Waals surface area (Å²) >= 11 is 0. The molecular weight excluding hydrogens is 607 g/mol. The van der Waals surface area contributed by atoms with E-state index in [1.807, 2.05) is 66.7 Å². The van der Waals surface area contributed by atoms with E-state index in [9.17, 15) is 18.0 Å². The van der Waals surface area contributed by atoms with Crippen LogP contribution >= 0.6 is 0 Å². The first-order chi connectivity index (χ1) is 22.9. The Morgan fingerprint density at radius 3 is 2.04 bits per heavy atom. The lowest BCUT2D eigenvalue weighted by molar-refractivity contribution is -0.120. The van der Waals surface area contributed by atoms with Crippen LogP contribution in [-0.4, -0.2) is 29.9 Å². The van der Waals surface area contributed by atoms with Gasteiger partial charge >= 0.3 is 0 Å². The molecule has 1 aliphatic carbocycles. The van der Waals surface area contributed by atoms with E-state index in [1.165, 1.54) is 10.7 Å². The Balaban J connectivity index is 1.19. The van der Waals surface area contributed by atoms with Gasteiger partial charge in [-0.15, -0.1) is 0 Å². The molecule has 1 N–H and O–H groups in total. The van der Waals surface area contributed by atoms with Crippen molar-refractivity contribution in [1.82, 2.24) is 9.29 Å². The van der Waals surface area contributed by atoms with Crippen LogP contribution in [-0.2, 0) is 27.9 Å². The molecule has 5 aromatic rings. The fraction of sp³-hybridized carbons (Fsp3) is 0.205. The Bertz CT molecular complexity index is 1920.